The molecule has 2 aromatic rings. The van der Waals surface area contributed by atoms with Gasteiger partial charge in [0.1, 0.15) is 22.5 Å². The molecule has 0 atom stereocenters. The van der Waals surface area contributed by atoms with Gasteiger partial charge in [-0.05, 0) is 26.0 Å². The van der Waals surface area contributed by atoms with Gasteiger partial charge in [0.15, 0.2) is 0 Å². The SMILES string of the molecule is COc1ccccc1Nc1nc(C)nc(Cl)c1C. The number of hydrogen-bond acceptors (Lipinski definition) is 4. The van der Waals surface area contributed by atoms with E-state index in [2.05, 4.69) is 15.3 Å². The van der Waals surface area contributed by atoms with Crippen LogP contribution in [0.3, 0.4) is 0 Å². The summed E-state index contributed by atoms with van der Waals surface area (Å²) in [5, 5.41) is 3.67. The Morgan fingerprint density at radius 1 is 1.17 bits per heavy atom. The summed E-state index contributed by atoms with van der Waals surface area (Å²) in [4.78, 5) is 8.44. The molecule has 1 N–H and O–H groups in total. The number of aryl methyl sites for hydroxylation is 1. The van der Waals surface area contributed by atoms with Crippen molar-refractivity contribution in [2.24, 2.45) is 0 Å². The quantitative estimate of drug-likeness (QED) is 0.861. The monoisotopic (exact) mass is 263 g/mol. The normalized spacial score (nSPS) is 10.2. The molecule has 4 nitrogen and oxygen atoms in total. The summed E-state index contributed by atoms with van der Waals surface area (Å²) in [6.07, 6.45) is 0. The Bertz CT molecular complexity index is 572. The van der Waals surface area contributed by atoms with E-state index in [4.69, 9.17) is 16.3 Å². The molecule has 1 aromatic heterocycles. The third kappa shape index (κ3) is 2.54. The van der Waals surface area contributed by atoms with Crippen molar-refractivity contribution in [2.75, 3.05) is 12.4 Å². The first-order chi connectivity index (χ1) is 8.61. The molecule has 0 amide bonds. The third-order valence-corrected chi connectivity index (χ3v) is 2.93. The summed E-state index contributed by atoms with van der Waals surface area (Å²) in [5.74, 6) is 2.07. The van der Waals surface area contributed by atoms with Crippen molar-refractivity contribution >= 4 is 23.1 Å². The maximum atomic E-state index is 6.04. The number of hydrogen-bond donors (Lipinski definition) is 1. The number of aromatic nitrogens is 2. The zero-order chi connectivity index (χ0) is 13.1. The summed E-state index contributed by atoms with van der Waals surface area (Å²) < 4.78 is 5.28. The van der Waals surface area contributed by atoms with Crippen molar-refractivity contribution in [1.82, 2.24) is 9.97 Å². The van der Waals surface area contributed by atoms with Gasteiger partial charge in [-0.15, -0.1) is 0 Å². The largest absolute Gasteiger partial charge is 0.495 e. The minimum Gasteiger partial charge on any atom is -0.495 e. The highest BCUT2D eigenvalue weighted by atomic mass is 35.5. The maximum Gasteiger partial charge on any atom is 0.142 e. The third-order valence-electron chi connectivity index (χ3n) is 2.56. The molecule has 0 radical (unpaired) electrons. The van der Waals surface area contributed by atoms with Crippen LogP contribution in [0.5, 0.6) is 5.75 Å². The summed E-state index contributed by atoms with van der Waals surface area (Å²) in [5.41, 5.74) is 1.66. The second kappa shape index (κ2) is 5.23. The second-order valence-electron chi connectivity index (χ2n) is 3.86. The van der Waals surface area contributed by atoms with Gasteiger partial charge in [0, 0.05) is 5.56 Å². The number of nitrogens with zero attached hydrogens (tertiary/aromatic N) is 2. The molecule has 5 heteroatoms. The molecular weight excluding hydrogens is 250 g/mol. The molecule has 1 aromatic carbocycles. The molecule has 0 saturated heterocycles. The lowest BCUT2D eigenvalue weighted by molar-refractivity contribution is 0.417. The van der Waals surface area contributed by atoms with Crippen LogP contribution in [0.1, 0.15) is 11.4 Å². The summed E-state index contributed by atoms with van der Waals surface area (Å²) in [6.45, 7) is 3.68. The van der Waals surface area contributed by atoms with Gasteiger partial charge in [0.2, 0.25) is 0 Å². The first-order valence-corrected chi connectivity index (χ1v) is 5.90. The highest BCUT2D eigenvalue weighted by molar-refractivity contribution is 6.30. The van der Waals surface area contributed by atoms with Crippen LogP contribution in [0, 0.1) is 13.8 Å². The van der Waals surface area contributed by atoms with E-state index in [1.165, 1.54) is 0 Å². The average Bonchev–Trinajstić information content (AvgIpc) is 2.36. The van der Waals surface area contributed by atoms with Gasteiger partial charge in [0.25, 0.3) is 0 Å². The number of anilines is 2. The molecular formula is C13H14ClN3O. The first kappa shape index (κ1) is 12.6. The van der Waals surface area contributed by atoms with E-state index in [1.807, 2.05) is 31.2 Å². The van der Waals surface area contributed by atoms with E-state index < -0.39 is 0 Å². The van der Waals surface area contributed by atoms with Crippen molar-refractivity contribution < 1.29 is 4.74 Å². The Kier molecular flexibility index (Phi) is 3.67. The molecule has 2 rings (SSSR count). The predicted octanol–water partition coefficient (Wildman–Crippen LogP) is 3.50. The lowest BCUT2D eigenvalue weighted by atomic mass is 10.2. The van der Waals surface area contributed by atoms with Gasteiger partial charge in [-0.25, -0.2) is 9.97 Å². The molecule has 94 valence electrons. The predicted molar refractivity (Wildman–Crippen MR) is 72.8 cm³/mol. The Labute approximate surface area is 111 Å². The fourth-order valence-corrected chi connectivity index (χ4v) is 1.80. The van der Waals surface area contributed by atoms with Crippen LogP contribution in [0.4, 0.5) is 11.5 Å². The van der Waals surface area contributed by atoms with Crippen molar-refractivity contribution in [3.63, 3.8) is 0 Å². The number of methoxy groups -OCH3 is 1. The van der Waals surface area contributed by atoms with Crippen LogP contribution >= 0.6 is 11.6 Å². The standard InChI is InChI=1S/C13H14ClN3O/c1-8-12(14)15-9(2)16-13(8)17-10-6-4-5-7-11(10)18-3/h4-7H,1-3H3,(H,15,16,17). The van der Waals surface area contributed by atoms with E-state index in [1.54, 1.807) is 14.0 Å². The fourth-order valence-electron chi connectivity index (χ4n) is 1.59. The van der Waals surface area contributed by atoms with Crippen molar-refractivity contribution in [3.05, 3.63) is 40.8 Å². The fraction of sp³-hybridized carbons (Fsp3) is 0.231. The van der Waals surface area contributed by atoms with Gasteiger partial charge in [-0.2, -0.15) is 0 Å². The Morgan fingerprint density at radius 3 is 2.61 bits per heavy atom. The second-order valence-corrected chi connectivity index (χ2v) is 4.22. The number of benzene rings is 1. The number of rotatable bonds is 3. The topological polar surface area (TPSA) is 47.0 Å². The number of halogens is 1. The van der Waals surface area contributed by atoms with Crippen LogP contribution in [0.15, 0.2) is 24.3 Å². The van der Waals surface area contributed by atoms with Gasteiger partial charge >= 0.3 is 0 Å². The summed E-state index contributed by atoms with van der Waals surface area (Å²) in [7, 11) is 1.63. The van der Waals surface area contributed by atoms with Crippen molar-refractivity contribution in [1.29, 1.82) is 0 Å². The number of ether oxygens (including phenoxy) is 1. The molecule has 18 heavy (non-hydrogen) atoms. The lowest BCUT2D eigenvalue weighted by Gasteiger charge is -2.12. The van der Waals surface area contributed by atoms with Gasteiger partial charge < -0.3 is 10.1 Å². The van der Waals surface area contributed by atoms with Gasteiger partial charge in [-0.1, -0.05) is 23.7 Å². The lowest BCUT2D eigenvalue weighted by Crippen LogP contribution is -2.02. The summed E-state index contributed by atoms with van der Waals surface area (Å²) in [6, 6.07) is 7.64. The van der Waals surface area contributed by atoms with E-state index >= 15 is 0 Å². The van der Waals surface area contributed by atoms with Gasteiger partial charge in [-0.3, -0.25) is 0 Å². The van der Waals surface area contributed by atoms with Crippen molar-refractivity contribution in [3.8, 4) is 5.75 Å². The number of para-hydroxylation sites is 2. The molecule has 0 aliphatic rings. The zero-order valence-corrected chi connectivity index (χ0v) is 11.2. The number of nitrogens with one attached hydrogen (secondary N) is 1. The van der Waals surface area contributed by atoms with E-state index in [9.17, 15) is 0 Å². The van der Waals surface area contributed by atoms with Crippen LogP contribution in [0.2, 0.25) is 5.15 Å². The van der Waals surface area contributed by atoms with Crippen LogP contribution in [0.25, 0.3) is 0 Å². The first-order valence-electron chi connectivity index (χ1n) is 5.52. The van der Waals surface area contributed by atoms with Crippen molar-refractivity contribution in [2.45, 2.75) is 13.8 Å². The molecule has 0 unspecified atom stereocenters. The highest BCUT2D eigenvalue weighted by Crippen LogP contribution is 2.29. The zero-order valence-electron chi connectivity index (χ0n) is 10.5. The Hall–Kier alpha value is -1.81. The Morgan fingerprint density at radius 2 is 1.89 bits per heavy atom. The molecule has 0 aliphatic heterocycles. The Balaban J connectivity index is 2.40. The average molecular weight is 264 g/mol. The molecule has 1 heterocycles. The summed E-state index contributed by atoms with van der Waals surface area (Å²) >= 11 is 6.04. The maximum absolute atomic E-state index is 6.04. The minimum absolute atomic E-state index is 0.458. The van der Waals surface area contributed by atoms with Crippen LogP contribution in [-0.2, 0) is 0 Å². The van der Waals surface area contributed by atoms with E-state index in [0.717, 1.165) is 17.0 Å². The van der Waals surface area contributed by atoms with E-state index in [0.29, 0.717) is 16.8 Å². The van der Waals surface area contributed by atoms with Crippen LogP contribution < -0.4 is 10.1 Å². The van der Waals surface area contributed by atoms with Crippen LogP contribution in [-0.4, -0.2) is 17.1 Å². The molecule has 0 aliphatic carbocycles. The smallest absolute Gasteiger partial charge is 0.142 e. The minimum atomic E-state index is 0.458. The highest BCUT2D eigenvalue weighted by Gasteiger charge is 2.09. The molecule has 0 fully saturated rings. The van der Waals surface area contributed by atoms with Gasteiger partial charge in [0.05, 0.1) is 12.8 Å². The van der Waals surface area contributed by atoms with E-state index in [-0.39, 0.29) is 0 Å². The molecule has 0 spiro atoms. The molecule has 0 saturated carbocycles. The molecule has 0 bridgehead atoms.